The summed E-state index contributed by atoms with van der Waals surface area (Å²) in [5.74, 6) is -6.09. The van der Waals surface area contributed by atoms with Crippen LogP contribution in [0.25, 0.3) is 10.9 Å². The summed E-state index contributed by atoms with van der Waals surface area (Å²) in [6.07, 6.45) is 9.44. The summed E-state index contributed by atoms with van der Waals surface area (Å²) in [5, 5.41) is 59.1. The maximum Gasteiger partial charge on any atom is 0.407 e. The van der Waals surface area contributed by atoms with Crippen LogP contribution in [0, 0.1) is 0 Å². The van der Waals surface area contributed by atoms with Crippen LogP contribution in [-0.4, -0.2) is 170 Å². The van der Waals surface area contributed by atoms with E-state index in [4.69, 9.17) is 4.74 Å². The molecule has 1 aliphatic heterocycles. The first-order valence-electron chi connectivity index (χ1n) is 39.1. The molecule has 0 spiro atoms. The van der Waals surface area contributed by atoms with Crippen LogP contribution in [0.4, 0.5) is 4.79 Å². The number of alkyl carbamates (subject to hydrolysis) is 1. The molecule has 2 heterocycles. The zero-order valence-electron chi connectivity index (χ0n) is 64.8. The summed E-state index contributed by atoms with van der Waals surface area (Å²) >= 11 is 1.93. The Balaban J connectivity index is 1.16. The van der Waals surface area contributed by atoms with Crippen molar-refractivity contribution >= 4 is 91.7 Å². The number of aliphatic hydroxyl groups excluding tert-OH is 3. The van der Waals surface area contributed by atoms with Crippen molar-refractivity contribution < 1.29 is 58.4 Å². The summed E-state index contributed by atoms with van der Waals surface area (Å²) in [7, 11) is 2.12. The Bertz CT molecular complexity index is 3910. The number of carbonyl (C=O) groups is 8. The lowest BCUT2D eigenvalue weighted by Crippen LogP contribution is -2.62. The molecule has 6 aromatic carbocycles. The van der Waals surface area contributed by atoms with Gasteiger partial charge in [0, 0.05) is 53.2 Å². The van der Waals surface area contributed by atoms with Crippen LogP contribution in [0.1, 0.15) is 158 Å². The van der Waals surface area contributed by atoms with Gasteiger partial charge in [-0.05, 0) is 119 Å². The van der Waals surface area contributed by atoms with Gasteiger partial charge in [-0.2, -0.15) is 0 Å². The first-order valence-corrected chi connectivity index (χ1v) is 42.4. The Morgan fingerprint density at radius 1 is 0.577 bits per heavy atom. The molecule has 0 saturated carbocycles. The van der Waals surface area contributed by atoms with E-state index in [1.807, 2.05) is 90.6 Å². The highest BCUT2D eigenvalue weighted by atomic mass is 33.1. The molecule has 7 aromatic rings. The molecule has 11 atom stereocenters. The molecule has 0 aliphatic carbocycles. The molecule has 1 saturated heterocycles. The zero-order valence-corrected chi connectivity index (χ0v) is 67.2. The van der Waals surface area contributed by atoms with Crippen LogP contribution in [0.5, 0.6) is 0 Å². The number of rotatable bonds is 36. The van der Waals surface area contributed by atoms with Crippen molar-refractivity contribution in [3.8, 4) is 0 Å². The van der Waals surface area contributed by atoms with E-state index in [1.54, 1.807) is 51.2 Å². The van der Waals surface area contributed by atoms with Crippen molar-refractivity contribution in [1.82, 2.24) is 52.8 Å². The van der Waals surface area contributed by atoms with Crippen LogP contribution in [0.3, 0.4) is 0 Å². The molecule has 111 heavy (non-hydrogen) atoms. The van der Waals surface area contributed by atoms with Gasteiger partial charge in [-0.3, -0.25) is 33.6 Å². The van der Waals surface area contributed by atoms with Gasteiger partial charge in [0.25, 0.3) is 0 Å². The van der Waals surface area contributed by atoms with Crippen LogP contribution >= 0.6 is 33.3 Å². The molecule has 1 aliphatic rings. The number of hydrogen-bond donors (Lipinski definition) is 13. The number of H-pyrrole nitrogens is 1. The van der Waals surface area contributed by atoms with Gasteiger partial charge in [-0.15, -0.1) is 11.8 Å². The molecule has 25 heteroatoms. The van der Waals surface area contributed by atoms with Crippen LogP contribution in [0.2, 0.25) is 0 Å². The number of fused-ring (bicyclic) bond motifs is 1. The van der Waals surface area contributed by atoms with E-state index in [2.05, 4.69) is 133 Å². The third kappa shape index (κ3) is 28.2. The number of amides is 8. The number of carbonyl (C=O) groups excluding carboxylic acids is 8. The monoisotopic (exact) mass is 1570 g/mol. The number of benzene rings is 6. The Hall–Kier alpha value is -8.69. The van der Waals surface area contributed by atoms with E-state index in [-0.39, 0.29) is 61.8 Å². The molecular weight excluding hydrogens is 1460 g/mol. The Morgan fingerprint density at radius 3 is 1.69 bits per heavy atom. The maximum atomic E-state index is 15.7. The second-order valence-corrected chi connectivity index (χ2v) is 33.7. The van der Waals surface area contributed by atoms with E-state index in [0.717, 1.165) is 80.4 Å². The zero-order chi connectivity index (χ0) is 79.6. The molecule has 0 bridgehead atoms. The van der Waals surface area contributed by atoms with Crippen molar-refractivity contribution in [3.63, 3.8) is 0 Å². The summed E-state index contributed by atoms with van der Waals surface area (Å²) in [6, 6.07) is 46.8. The summed E-state index contributed by atoms with van der Waals surface area (Å²) in [6.45, 7) is 9.87. The Morgan fingerprint density at radius 2 is 1.11 bits per heavy atom. The molecule has 1 unspecified atom stereocenters. The molecule has 8 amide bonds. The number of hydrogen-bond acceptors (Lipinski definition) is 16. The highest BCUT2D eigenvalue weighted by Crippen LogP contribution is 2.51. The van der Waals surface area contributed by atoms with Crippen LogP contribution in [-0.2, 0) is 62.3 Å². The highest BCUT2D eigenvalue weighted by molar-refractivity contribution is 8.76. The molecule has 1 aromatic heterocycles. The lowest BCUT2D eigenvalue weighted by atomic mass is 9.84. The van der Waals surface area contributed by atoms with Crippen LogP contribution in [0.15, 0.2) is 182 Å². The summed E-state index contributed by atoms with van der Waals surface area (Å²) in [4.78, 5) is 122. The molecule has 598 valence electrons. The predicted molar refractivity (Wildman–Crippen MR) is 443 cm³/mol. The number of aromatic amines is 1. The Kier molecular flexibility index (Phi) is 36.2. The van der Waals surface area contributed by atoms with E-state index in [0.29, 0.717) is 24.1 Å². The molecule has 8 rings (SSSR count). The number of nitrogens with one attached hydrogen (secondary N) is 10. The second kappa shape index (κ2) is 45.7. The SMILES string of the molecule is CCCCCCCCCCC(CCN[C@H](Cc1ccccc1)C(=O)N[C@H]1CSSC[C@@H](C(=O)N[C@@H](CO)[C@@H](C)O)NC(=O)[C@H]([C@@H](C)O)NC(=O)[C@H](CCCCNC(=O)OC(C)(C)C)NC(=O)[C@@H](Cc2c[nH]c3ccccc23)NC(=O)[C@H](Cc2ccccc2)NC1=O)SC(c1ccccc1)(c1ccccc1)c1ccccc1. The van der Waals surface area contributed by atoms with E-state index in [1.165, 1.54) is 46.0 Å². The minimum absolute atomic E-state index is 0.0655. The van der Waals surface area contributed by atoms with Gasteiger partial charge < -0.3 is 72.9 Å². The first-order chi connectivity index (χ1) is 53.5. The van der Waals surface area contributed by atoms with Gasteiger partial charge in [-0.1, -0.05) is 250 Å². The average molecular weight is 1580 g/mol. The number of thioether (sulfide) groups is 1. The first kappa shape index (κ1) is 87.9. The molecule has 0 radical (unpaired) electrons. The van der Waals surface area contributed by atoms with Gasteiger partial charge in [-0.25, -0.2) is 4.79 Å². The second-order valence-electron chi connectivity index (χ2n) is 29.6. The van der Waals surface area contributed by atoms with E-state index >= 15 is 19.2 Å². The fraction of sp³-hybridized carbons (Fsp3) is 0.465. The van der Waals surface area contributed by atoms with Crippen LogP contribution < -0.4 is 47.9 Å². The highest BCUT2D eigenvalue weighted by Gasteiger charge is 2.41. The lowest BCUT2D eigenvalue weighted by Gasteiger charge is -2.38. The average Bonchev–Trinajstić information content (AvgIpc) is 1.51. The molecule has 13 N–H and O–H groups in total. The number of unbranched alkanes of at least 4 members (excludes halogenated alkanes) is 8. The maximum absolute atomic E-state index is 15.7. The van der Waals surface area contributed by atoms with Crippen molar-refractivity contribution in [3.05, 3.63) is 216 Å². The third-order valence-corrected chi connectivity index (χ3v) is 23.9. The number of ether oxygens (including phenoxy) is 1. The lowest BCUT2D eigenvalue weighted by molar-refractivity contribution is -0.136. The molecule has 22 nitrogen and oxygen atoms in total. The standard InChI is InChI=1S/C86H114N10O12S3/c1-7-8-9-10-11-12-13-29-44-66(111-86(63-38-23-16-24-39-63,64-40-25-17-26-41-64)65-42-27-18-28-43-65)48-50-87-70(51-60-34-19-14-20-35-60)78(101)94-74-56-109-110-57-75(82(105)93-73(55-97)58(2)98)95-83(106)76(59(3)99)96-77(100)69(47-32-33-49-88-84(107)108-85(4,5)6)90-80(103)72(53-62-54-89-68-46-31-30-45-67(62)68)92-79(102)71(91-81(74)104)52-61-36-21-15-22-37-61/h14-28,30-31,34-43,45-46,54,58-59,66,69-76,87,89,97-99H,7-13,29,32-33,44,47-53,55-57H2,1-6H3,(H,88,107)(H,90,103)(H,91,104)(H,92,102)(H,93,105)(H,94,101)(H,95,106)(H,96,100)/t58-,59-,66?,69+,70-,71+,72-,73+,74+,75+,76+/m1/s1. The normalized spacial score (nSPS) is 19.3. The van der Waals surface area contributed by atoms with Gasteiger partial charge in [0.05, 0.1) is 35.6 Å². The van der Waals surface area contributed by atoms with E-state index < -0.39 is 125 Å². The van der Waals surface area contributed by atoms with Crippen molar-refractivity contribution in [2.75, 3.05) is 31.2 Å². The van der Waals surface area contributed by atoms with Gasteiger partial charge >= 0.3 is 6.09 Å². The van der Waals surface area contributed by atoms with Crippen molar-refractivity contribution in [2.24, 2.45) is 0 Å². The van der Waals surface area contributed by atoms with Gasteiger partial charge in [0.15, 0.2) is 0 Å². The van der Waals surface area contributed by atoms with Crippen molar-refractivity contribution in [2.45, 2.75) is 220 Å². The fourth-order valence-electron chi connectivity index (χ4n) is 13.5. The summed E-state index contributed by atoms with van der Waals surface area (Å²) in [5.41, 5.74) is 5.50. The third-order valence-electron chi connectivity index (χ3n) is 19.6. The predicted octanol–water partition coefficient (Wildman–Crippen LogP) is 10.4. The molecule has 1 fully saturated rings. The smallest absolute Gasteiger partial charge is 0.407 e. The van der Waals surface area contributed by atoms with Crippen molar-refractivity contribution in [1.29, 1.82) is 0 Å². The Labute approximate surface area is 666 Å². The van der Waals surface area contributed by atoms with Gasteiger partial charge in [0.1, 0.15) is 41.9 Å². The number of para-hydroxylation sites is 1. The molecular formula is C86H114N10O12S3. The summed E-state index contributed by atoms with van der Waals surface area (Å²) < 4.78 is 4.78. The number of aliphatic hydroxyl groups is 3. The topological polar surface area (TPSA) is 331 Å². The number of aromatic nitrogens is 1. The quantitative estimate of drug-likeness (QED) is 0.00986. The van der Waals surface area contributed by atoms with Gasteiger partial charge in [0.2, 0.25) is 41.4 Å². The minimum Gasteiger partial charge on any atom is -0.444 e. The fourth-order valence-corrected chi connectivity index (χ4v) is 17.7. The minimum atomic E-state index is -1.75. The van der Waals surface area contributed by atoms with E-state index in [9.17, 15) is 34.5 Å². The largest absolute Gasteiger partial charge is 0.444 e.